The van der Waals surface area contributed by atoms with Gasteiger partial charge in [0, 0.05) is 22.7 Å². The van der Waals surface area contributed by atoms with E-state index in [2.05, 4.69) is 61.1 Å². The van der Waals surface area contributed by atoms with Gasteiger partial charge in [-0.25, -0.2) is 9.97 Å². The number of fused-ring (bicyclic) bond motifs is 1. The van der Waals surface area contributed by atoms with E-state index in [1.807, 2.05) is 24.3 Å². The van der Waals surface area contributed by atoms with Crippen molar-refractivity contribution >= 4 is 16.6 Å². The molecule has 0 saturated heterocycles. The molecule has 27 heavy (non-hydrogen) atoms. The third-order valence-corrected chi connectivity index (χ3v) is 4.66. The van der Waals surface area contributed by atoms with Crippen LogP contribution >= 0.6 is 0 Å². The molecule has 0 spiro atoms. The zero-order valence-electron chi connectivity index (χ0n) is 15.8. The van der Waals surface area contributed by atoms with Crippen LogP contribution in [0.4, 0.5) is 5.69 Å². The molecule has 0 bridgehead atoms. The topological polar surface area (TPSA) is 64.7 Å². The van der Waals surface area contributed by atoms with Crippen molar-refractivity contribution in [3.05, 3.63) is 72.6 Å². The van der Waals surface area contributed by atoms with Crippen molar-refractivity contribution in [3.8, 4) is 22.6 Å². The lowest BCUT2D eigenvalue weighted by atomic mass is 9.87. The Hall–Kier alpha value is -3.27. The lowest BCUT2D eigenvalue weighted by Crippen LogP contribution is -2.10. The fraction of sp³-hybridized carbons (Fsp3) is 0.174. The number of rotatable bonds is 2. The Morgan fingerprint density at radius 2 is 1.56 bits per heavy atom. The number of benzene rings is 2. The summed E-state index contributed by atoms with van der Waals surface area (Å²) in [6.07, 6.45) is 3.48. The molecule has 134 valence electrons. The van der Waals surface area contributed by atoms with E-state index < -0.39 is 0 Å². The smallest absolute Gasteiger partial charge is 0.159 e. The van der Waals surface area contributed by atoms with Gasteiger partial charge in [0.2, 0.25) is 0 Å². The molecular weight excluding hydrogens is 332 g/mol. The van der Waals surface area contributed by atoms with Crippen molar-refractivity contribution in [1.82, 2.24) is 15.0 Å². The number of aromatic nitrogens is 3. The summed E-state index contributed by atoms with van der Waals surface area (Å²) < 4.78 is 0. The van der Waals surface area contributed by atoms with Gasteiger partial charge in [0.25, 0.3) is 0 Å². The van der Waals surface area contributed by atoms with E-state index in [0.717, 1.165) is 33.5 Å². The van der Waals surface area contributed by atoms with Gasteiger partial charge in [-0.1, -0.05) is 51.1 Å². The van der Waals surface area contributed by atoms with Crippen molar-refractivity contribution in [2.75, 3.05) is 5.73 Å². The first kappa shape index (κ1) is 17.2. The van der Waals surface area contributed by atoms with Crippen LogP contribution in [0, 0.1) is 0 Å². The van der Waals surface area contributed by atoms with Gasteiger partial charge >= 0.3 is 0 Å². The molecule has 0 fully saturated rings. The Balaban J connectivity index is 1.72. The second kappa shape index (κ2) is 6.47. The lowest BCUT2D eigenvalue weighted by molar-refractivity contribution is 0.590. The van der Waals surface area contributed by atoms with Crippen LogP contribution in [0.2, 0.25) is 0 Å². The SMILES string of the molecule is CC(C)(C)c1ccc(-c2nccc(-c3ccc4ncc(N)cc4c3)n2)cc1. The molecule has 0 radical (unpaired) electrons. The summed E-state index contributed by atoms with van der Waals surface area (Å²) in [4.78, 5) is 13.6. The number of hydrogen-bond donors (Lipinski definition) is 1. The number of nitrogen functional groups attached to an aromatic ring is 1. The normalized spacial score (nSPS) is 11.7. The Bertz CT molecular complexity index is 1110. The number of anilines is 1. The molecule has 0 aliphatic carbocycles. The van der Waals surface area contributed by atoms with Gasteiger partial charge in [-0.05, 0) is 35.2 Å². The Kier molecular flexibility index (Phi) is 4.11. The largest absolute Gasteiger partial charge is 0.397 e. The van der Waals surface area contributed by atoms with Crippen molar-refractivity contribution < 1.29 is 0 Å². The molecule has 2 N–H and O–H groups in total. The fourth-order valence-electron chi connectivity index (χ4n) is 3.09. The first-order chi connectivity index (χ1) is 12.9. The van der Waals surface area contributed by atoms with E-state index in [1.54, 1.807) is 12.4 Å². The molecule has 0 amide bonds. The summed E-state index contributed by atoms with van der Waals surface area (Å²) in [5, 5.41) is 1.00. The van der Waals surface area contributed by atoms with E-state index >= 15 is 0 Å². The van der Waals surface area contributed by atoms with Crippen LogP contribution in [0.5, 0.6) is 0 Å². The van der Waals surface area contributed by atoms with E-state index in [-0.39, 0.29) is 5.41 Å². The molecule has 4 aromatic rings. The summed E-state index contributed by atoms with van der Waals surface area (Å²) in [5.41, 5.74) is 11.8. The molecule has 0 unspecified atom stereocenters. The zero-order valence-corrected chi connectivity index (χ0v) is 15.8. The summed E-state index contributed by atoms with van der Waals surface area (Å²) in [6.45, 7) is 6.63. The minimum atomic E-state index is 0.127. The highest BCUT2D eigenvalue weighted by Gasteiger charge is 2.14. The molecule has 2 heterocycles. The standard InChI is InChI=1S/C23H22N4/c1-23(2,3)18-7-4-15(5-8-18)22-25-11-10-21(27-22)16-6-9-20-17(12-16)13-19(24)14-26-20/h4-14H,24H2,1-3H3. The Labute approximate surface area is 159 Å². The summed E-state index contributed by atoms with van der Waals surface area (Å²) in [5.74, 6) is 0.721. The maximum absolute atomic E-state index is 5.87. The molecule has 0 aliphatic rings. The van der Waals surface area contributed by atoms with Crippen LogP contribution in [-0.2, 0) is 5.41 Å². The Morgan fingerprint density at radius 3 is 2.30 bits per heavy atom. The minimum absolute atomic E-state index is 0.127. The first-order valence-corrected chi connectivity index (χ1v) is 9.00. The van der Waals surface area contributed by atoms with Gasteiger partial charge in [-0.15, -0.1) is 0 Å². The van der Waals surface area contributed by atoms with Crippen LogP contribution < -0.4 is 5.73 Å². The summed E-state index contributed by atoms with van der Waals surface area (Å²) in [7, 11) is 0. The quantitative estimate of drug-likeness (QED) is 0.535. The van der Waals surface area contributed by atoms with Crippen molar-refractivity contribution in [2.24, 2.45) is 0 Å². The van der Waals surface area contributed by atoms with Crippen LogP contribution in [0.1, 0.15) is 26.3 Å². The maximum atomic E-state index is 5.87. The minimum Gasteiger partial charge on any atom is -0.397 e. The molecule has 2 aromatic heterocycles. The predicted molar refractivity (Wildman–Crippen MR) is 111 cm³/mol. The molecule has 2 aromatic carbocycles. The second-order valence-electron chi connectivity index (χ2n) is 7.77. The van der Waals surface area contributed by atoms with Crippen LogP contribution in [0.25, 0.3) is 33.5 Å². The average Bonchev–Trinajstić information content (AvgIpc) is 2.67. The molecule has 4 rings (SSSR count). The van der Waals surface area contributed by atoms with Gasteiger partial charge < -0.3 is 5.73 Å². The monoisotopic (exact) mass is 354 g/mol. The highest BCUT2D eigenvalue weighted by Crippen LogP contribution is 2.27. The van der Waals surface area contributed by atoms with Gasteiger partial charge in [-0.2, -0.15) is 0 Å². The fourth-order valence-corrected chi connectivity index (χ4v) is 3.09. The third kappa shape index (κ3) is 3.51. The van der Waals surface area contributed by atoms with Gasteiger partial charge in [0.1, 0.15) is 0 Å². The van der Waals surface area contributed by atoms with Gasteiger partial charge in [0.05, 0.1) is 23.1 Å². The van der Waals surface area contributed by atoms with E-state index in [1.165, 1.54) is 5.56 Å². The highest BCUT2D eigenvalue weighted by atomic mass is 14.9. The first-order valence-electron chi connectivity index (χ1n) is 9.00. The van der Waals surface area contributed by atoms with Gasteiger partial charge in [-0.3, -0.25) is 4.98 Å². The average molecular weight is 354 g/mol. The molecule has 4 nitrogen and oxygen atoms in total. The number of nitrogens with two attached hydrogens (primary N) is 1. The molecular formula is C23H22N4. The molecule has 0 atom stereocenters. The summed E-state index contributed by atoms with van der Waals surface area (Å²) >= 11 is 0. The van der Waals surface area contributed by atoms with E-state index in [0.29, 0.717) is 5.69 Å². The van der Waals surface area contributed by atoms with Crippen molar-refractivity contribution in [2.45, 2.75) is 26.2 Å². The van der Waals surface area contributed by atoms with Crippen LogP contribution in [0.3, 0.4) is 0 Å². The number of pyridine rings is 1. The number of hydrogen-bond acceptors (Lipinski definition) is 4. The summed E-state index contributed by atoms with van der Waals surface area (Å²) in [6, 6.07) is 18.4. The molecule has 4 heteroatoms. The van der Waals surface area contributed by atoms with Crippen molar-refractivity contribution in [1.29, 1.82) is 0 Å². The van der Waals surface area contributed by atoms with Gasteiger partial charge in [0.15, 0.2) is 5.82 Å². The van der Waals surface area contributed by atoms with Crippen LogP contribution in [0.15, 0.2) is 67.0 Å². The predicted octanol–water partition coefficient (Wildman–Crippen LogP) is 5.24. The van der Waals surface area contributed by atoms with E-state index in [4.69, 9.17) is 10.7 Å². The van der Waals surface area contributed by atoms with Crippen molar-refractivity contribution in [3.63, 3.8) is 0 Å². The zero-order chi connectivity index (χ0) is 19.0. The molecule has 0 aliphatic heterocycles. The van der Waals surface area contributed by atoms with Crippen LogP contribution in [-0.4, -0.2) is 15.0 Å². The lowest BCUT2D eigenvalue weighted by Gasteiger charge is -2.19. The van der Waals surface area contributed by atoms with E-state index in [9.17, 15) is 0 Å². The highest BCUT2D eigenvalue weighted by molar-refractivity contribution is 5.85. The number of nitrogens with zero attached hydrogens (tertiary/aromatic N) is 3. The maximum Gasteiger partial charge on any atom is 0.159 e. The Morgan fingerprint density at radius 1 is 0.815 bits per heavy atom. The second-order valence-corrected chi connectivity index (χ2v) is 7.77. The third-order valence-electron chi connectivity index (χ3n) is 4.66. The molecule has 0 saturated carbocycles.